The van der Waals surface area contributed by atoms with Crippen molar-refractivity contribution in [3.05, 3.63) is 22.2 Å². The Morgan fingerprint density at radius 1 is 1.40 bits per heavy atom. The number of fused-ring (bicyclic) bond motifs is 1. The standard InChI is InChI=1S/C12H15BrOS/c1-12(2)4-5-15-11-7-10(14-3)9(13)6-8(11)12/h6-7H,4-5H2,1-3H3. The molecule has 82 valence electrons. The Balaban J connectivity index is 2.55. The van der Waals surface area contributed by atoms with Gasteiger partial charge in [0.15, 0.2) is 0 Å². The average Bonchev–Trinajstić information content (AvgIpc) is 2.18. The first kappa shape index (κ1) is 11.3. The molecule has 0 spiro atoms. The summed E-state index contributed by atoms with van der Waals surface area (Å²) in [5.74, 6) is 2.13. The van der Waals surface area contributed by atoms with Gasteiger partial charge >= 0.3 is 0 Å². The highest BCUT2D eigenvalue weighted by Gasteiger charge is 2.28. The molecule has 0 radical (unpaired) electrons. The Kier molecular flexibility index (Phi) is 3.04. The van der Waals surface area contributed by atoms with Crippen molar-refractivity contribution in [2.45, 2.75) is 30.6 Å². The minimum atomic E-state index is 0.287. The van der Waals surface area contributed by atoms with Gasteiger partial charge in [0, 0.05) is 4.90 Å². The molecule has 0 saturated carbocycles. The van der Waals surface area contributed by atoms with Crippen LogP contribution in [0.15, 0.2) is 21.5 Å². The predicted octanol–water partition coefficient (Wildman–Crippen LogP) is 4.23. The third-order valence-corrected chi connectivity index (χ3v) is 4.64. The molecule has 0 unspecified atom stereocenters. The lowest BCUT2D eigenvalue weighted by Gasteiger charge is -2.32. The van der Waals surface area contributed by atoms with Crippen LogP contribution in [-0.4, -0.2) is 12.9 Å². The number of hydrogen-bond donors (Lipinski definition) is 0. The van der Waals surface area contributed by atoms with Crippen molar-refractivity contribution < 1.29 is 4.74 Å². The average molecular weight is 287 g/mol. The lowest BCUT2D eigenvalue weighted by Crippen LogP contribution is -2.22. The van der Waals surface area contributed by atoms with Gasteiger partial charge in [0.2, 0.25) is 0 Å². The van der Waals surface area contributed by atoms with Crippen molar-refractivity contribution in [2.24, 2.45) is 0 Å². The van der Waals surface area contributed by atoms with E-state index in [-0.39, 0.29) is 5.41 Å². The molecule has 0 N–H and O–H groups in total. The molecule has 0 amide bonds. The van der Waals surface area contributed by atoms with Gasteiger partial charge in [0.1, 0.15) is 5.75 Å². The van der Waals surface area contributed by atoms with E-state index in [0.717, 1.165) is 10.2 Å². The van der Waals surface area contributed by atoms with E-state index in [1.54, 1.807) is 7.11 Å². The summed E-state index contributed by atoms with van der Waals surface area (Å²) >= 11 is 5.48. The maximum absolute atomic E-state index is 5.32. The molecule has 3 heteroatoms. The summed E-state index contributed by atoms with van der Waals surface area (Å²) < 4.78 is 6.37. The van der Waals surface area contributed by atoms with Crippen molar-refractivity contribution in [3.63, 3.8) is 0 Å². The Morgan fingerprint density at radius 3 is 2.80 bits per heavy atom. The molecule has 1 heterocycles. The van der Waals surface area contributed by atoms with Gasteiger partial charge in [-0.1, -0.05) is 13.8 Å². The Bertz CT molecular complexity index is 387. The fourth-order valence-electron chi connectivity index (χ4n) is 1.89. The Labute approximate surface area is 104 Å². The highest BCUT2D eigenvalue weighted by Crippen LogP contribution is 2.45. The summed E-state index contributed by atoms with van der Waals surface area (Å²) in [4.78, 5) is 1.37. The van der Waals surface area contributed by atoms with Crippen LogP contribution in [0, 0.1) is 0 Å². The zero-order chi connectivity index (χ0) is 11.1. The van der Waals surface area contributed by atoms with Crippen molar-refractivity contribution in [2.75, 3.05) is 12.9 Å². The minimum Gasteiger partial charge on any atom is -0.496 e. The lowest BCUT2D eigenvalue weighted by atomic mass is 9.82. The molecule has 0 bridgehead atoms. The molecule has 1 aliphatic rings. The van der Waals surface area contributed by atoms with Crippen LogP contribution in [0.2, 0.25) is 0 Å². The number of methoxy groups -OCH3 is 1. The van der Waals surface area contributed by atoms with Crippen molar-refractivity contribution in [1.29, 1.82) is 0 Å². The van der Waals surface area contributed by atoms with E-state index < -0.39 is 0 Å². The molecule has 0 aliphatic carbocycles. The van der Waals surface area contributed by atoms with E-state index in [9.17, 15) is 0 Å². The second kappa shape index (κ2) is 4.02. The molecule has 0 aromatic heterocycles. The fraction of sp³-hybridized carbons (Fsp3) is 0.500. The fourth-order valence-corrected chi connectivity index (χ4v) is 3.91. The summed E-state index contributed by atoms with van der Waals surface area (Å²) in [6.07, 6.45) is 1.24. The van der Waals surface area contributed by atoms with Crippen molar-refractivity contribution in [3.8, 4) is 5.75 Å². The maximum Gasteiger partial charge on any atom is 0.134 e. The zero-order valence-electron chi connectivity index (χ0n) is 9.26. The molecule has 1 aliphatic heterocycles. The van der Waals surface area contributed by atoms with Crippen LogP contribution in [0.3, 0.4) is 0 Å². The monoisotopic (exact) mass is 286 g/mol. The lowest BCUT2D eigenvalue weighted by molar-refractivity contribution is 0.408. The molecule has 1 aromatic rings. The smallest absolute Gasteiger partial charge is 0.134 e. The Morgan fingerprint density at radius 2 is 2.13 bits per heavy atom. The molecular formula is C12H15BrOS. The van der Waals surface area contributed by atoms with Crippen LogP contribution in [-0.2, 0) is 5.41 Å². The van der Waals surface area contributed by atoms with Gasteiger partial charge in [-0.2, -0.15) is 0 Å². The first-order valence-electron chi connectivity index (χ1n) is 5.05. The quantitative estimate of drug-likeness (QED) is 0.764. The van der Waals surface area contributed by atoms with E-state index >= 15 is 0 Å². The largest absolute Gasteiger partial charge is 0.496 e. The van der Waals surface area contributed by atoms with Crippen molar-refractivity contribution >= 4 is 27.7 Å². The van der Waals surface area contributed by atoms with E-state index in [2.05, 4.69) is 41.9 Å². The first-order valence-corrected chi connectivity index (χ1v) is 6.83. The van der Waals surface area contributed by atoms with Crippen molar-refractivity contribution in [1.82, 2.24) is 0 Å². The second-order valence-electron chi connectivity index (χ2n) is 4.47. The zero-order valence-corrected chi connectivity index (χ0v) is 11.7. The van der Waals surface area contributed by atoms with E-state index in [1.165, 1.54) is 22.6 Å². The number of ether oxygens (including phenoxy) is 1. The first-order chi connectivity index (χ1) is 7.04. The van der Waals surface area contributed by atoms with Gasteiger partial charge in [0.25, 0.3) is 0 Å². The van der Waals surface area contributed by atoms with E-state index in [4.69, 9.17) is 4.74 Å². The van der Waals surface area contributed by atoms with Crippen LogP contribution in [0.5, 0.6) is 5.75 Å². The van der Waals surface area contributed by atoms with Gasteiger partial charge in [-0.25, -0.2) is 0 Å². The van der Waals surface area contributed by atoms with Gasteiger partial charge in [-0.05, 0) is 51.2 Å². The van der Waals surface area contributed by atoms with Crippen LogP contribution < -0.4 is 4.74 Å². The number of halogens is 1. The molecule has 1 aromatic carbocycles. The molecule has 0 saturated heterocycles. The maximum atomic E-state index is 5.32. The number of hydrogen-bond acceptors (Lipinski definition) is 2. The number of thioether (sulfide) groups is 1. The third kappa shape index (κ3) is 2.04. The van der Waals surface area contributed by atoms with Crippen LogP contribution in [0.1, 0.15) is 25.8 Å². The molecular weight excluding hydrogens is 272 g/mol. The normalized spacial score (nSPS) is 18.4. The Hall–Kier alpha value is -0.150. The van der Waals surface area contributed by atoms with Crippen LogP contribution >= 0.6 is 27.7 Å². The summed E-state index contributed by atoms with van der Waals surface area (Å²) in [6.45, 7) is 4.62. The number of benzene rings is 1. The van der Waals surface area contributed by atoms with Crippen LogP contribution in [0.25, 0.3) is 0 Å². The predicted molar refractivity (Wildman–Crippen MR) is 69.1 cm³/mol. The van der Waals surface area contributed by atoms with Gasteiger partial charge < -0.3 is 4.74 Å². The summed E-state index contributed by atoms with van der Waals surface area (Å²) in [6, 6.07) is 4.35. The molecule has 1 nitrogen and oxygen atoms in total. The summed E-state index contributed by atoms with van der Waals surface area (Å²) in [7, 11) is 1.71. The third-order valence-electron chi connectivity index (χ3n) is 2.97. The SMILES string of the molecule is COc1cc2c(cc1Br)C(C)(C)CCS2. The highest BCUT2D eigenvalue weighted by atomic mass is 79.9. The highest BCUT2D eigenvalue weighted by molar-refractivity contribution is 9.10. The molecule has 0 atom stereocenters. The van der Waals surface area contributed by atoms with Gasteiger partial charge in [-0.3, -0.25) is 0 Å². The van der Waals surface area contributed by atoms with E-state index in [0.29, 0.717) is 0 Å². The summed E-state index contributed by atoms with van der Waals surface area (Å²) in [5.41, 5.74) is 1.72. The molecule has 15 heavy (non-hydrogen) atoms. The minimum absolute atomic E-state index is 0.287. The summed E-state index contributed by atoms with van der Waals surface area (Å²) in [5, 5.41) is 0. The van der Waals surface area contributed by atoms with Gasteiger partial charge in [0.05, 0.1) is 11.6 Å². The molecule has 2 rings (SSSR count). The number of rotatable bonds is 1. The van der Waals surface area contributed by atoms with E-state index in [1.807, 2.05) is 11.8 Å². The molecule has 0 fully saturated rings. The van der Waals surface area contributed by atoms with Gasteiger partial charge in [-0.15, -0.1) is 11.8 Å². The second-order valence-corrected chi connectivity index (χ2v) is 6.46. The van der Waals surface area contributed by atoms with Crippen LogP contribution in [0.4, 0.5) is 0 Å². The topological polar surface area (TPSA) is 9.23 Å².